The first kappa shape index (κ1) is 27.3. The van der Waals surface area contributed by atoms with Gasteiger partial charge < -0.3 is 11.1 Å². The zero-order chi connectivity index (χ0) is 27.5. The average Bonchev–Trinajstić information content (AvgIpc) is 3.15. The summed E-state index contributed by atoms with van der Waals surface area (Å²) < 4.78 is 42.9. The van der Waals surface area contributed by atoms with E-state index in [1.54, 1.807) is 56.0 Å². The Labute approximate surface area is 212 Å². The molecule has 0 saturated heterocycles. The Morgan fingerprint density at radius 2 is 1.95 bits per heavy atom. The van der Waals surface area contributed by atoms with Crippen LogP contribution in [0, 0.1) is 18.3 Å². The van der Waals surface area contributed by atoms with Gasteiger partial charge in [0.25, 0.3) is 5.91 Å². The number of aryl methyl sites for hydroxylation is 1. The highest BCUT2D eigenvalue weighted by Gasteiger charge is 2.35. The van der Waals surface area contributed by atoms with E-state index in [-0.39, 0.29) is 17.7 Å². The molecule has 0 unspecified atom stereocenters. The number of carbonyl (C=O) groups excluding carboxylic acids is 1. The minimum atomic E-state index is -4.72. The number of allylic oxidation sites excluding steroid dienone is 1. The van der Waals surface area contributed by atoms with Crippen LogP contribution in [0.4, 0.5) is 24.5 Å². The summed E-state index contributed by atoms with van der Waals surface area (Å²) >= 11 is 0. The van der Waals surface area contributed by atoms with Crippen molar-refractivity contribution >= 4 is 17.3 Å². The van der Waals surface area contributed by atoms with Crippen LogP contribution >= 0.6 is 0 Å². The second-order valence-corrected chi connectivity index (χ2v) is 9.17. The lowest BCUT2D eigenvalue weighted by atomic mass is 9.86. The number of anilines is 2. The molecule has 1 aromatic heterocycles. The van der Waals surface area contributed by atoms with Gasteiger partial charge in [-0.2, -0.15) is 23.5 Å². The normalized spacial score (nSPS) is 12.2. The Kier molecular flexibility index (Phi) is 7.64. The molecule has 0 bridgehead atoms. The standard InChI is InChI=1S/C26H28F3N7O/c1-16-18(13-33-35(16)4)10-20(31)14-36(32)23-11-17(8-9-22(23)26(27,28)29)24(37)34-21-7-5-6-19(12-21)25(2,3)15-30/h5-9,11-14H,10,31-32H2,1-4H3,(H,34,37)/b20-14-. The third-order valence-corrected chi connectivity index (χ3v) is 6.00. The van der Waals surface area contributed by atoms with E-state index in [0.717, 1.165) is 34.5 Å². The molecule has 5 N–H and O–H groups in total. The fraction of sp³-hybridized carbons (Fsp3) is 0.269. The fourth-order valence-corrected chi connectivity index (χ4v) is 3.61. The van der Waals surface area contributed by atoms with Crippen LogP contribution in [-0.4, -0.2) is 15.7 Å². The molecule has 0 radical (unpaired) electrons. The monoisotopic (exact) mass is 511 g/mol. The maximum atomic E-state index is 13.7. The summed E-state index contributed by atoms with van der Waals surface area (Å²) in [7, 11) is 1.76. The Balaban J connectivity index is 1.91. The molecule has 0 aliphatic heterocycles. The van der Waals surface area contributed by atoms with Crippen molar-refractivity contribution in [2.75, 3.05) is 10.3 Å². The van der Waals surface area contributed by atoms with Crippen LogP contribution in [0.3, 0.4) is 0 Å². The minimum Gasteiger partial charge on any atom is -0.401 e. The van der Waals surface area contributed by atoms with Gasteiger partial charge in [0.2, 0.25) is 0 Å². The van der Waals surface area contributed by atoms with Crippen molar-refractivity contribution in [3.63, 3.8) is 0 Å². The maximum absolute atomic E-state index is 13.7. The molecule has 11 heteroatoms. The Bertz CT molecular complexity index is 1380. The first-order valence-electron chi connectivity index (χ1n) is 11.2. The summed E-state index contributed by atoms with van der Waals surface area (Å²) in [5.41, 5.74) is 6.71. The van der Waals surface area contributed by atoms with Crippen LogP contribution in [0.25, 0.3) is 0 Å². The summed E-state index contributed by atoms with van der Waals surface area (Å²) in [4.78, 5) is 12.9. The number of amides is 1. The molecule has 37 heavy (non-hydrogen) atoms. The molecular weight excluding hydrogens is 483 g/mol. The summed E-state index contributed by atoms with van der Waals surface area (Å²) in [5, 5.41) is 16.9. The van der Waals surface area contributed by atoms with Gasteiger partial charge >= 0.3 is 6.18 Å². The van der Waals surface area contributed by atoms with Gasteiger partial charge in [-0.15, -0.1) is 0 Å². The van der Waals surface area contributed by atoms with Crippen LogP contribution in [0.1, 0.15) is 46.6 Å². The Hall–Kier alpha value is -4.30. The second-order valence-electron chi connectivity index (χ2n) is 9.17. The van der Waals surface area contributed by atoms with E-state index in [2.05, 4.69) is 16.5 Å². The number of nitriles is 1. The third kappa shape index (κ3) is 6.29. The number of nitrogens with one attached hydrogen (secondary N) is 1. The average molecular weight is 512 g/mol. The predicted molar refractivity (Wildman–Crippen MR) is 135 cm³/mol. The van der Waals surface area contributed by atoms with Crippen molar-refractivity contribution in [3.05, 3.63) is 88.5 Å². The molecule has 8 nitrogen and oxygen atoms in total. The number of hydrazine groups is 1. The van der Waals surface area contributed by atoms with Crippen molar-refractivity contribution in [1.82, 2.24) is 9.78 Å². The van der Waals surface area contributed by atoms with E-state index in [1.807, 2.05) is 6.92 Å². The highest BCUT2D eigenvalue weighted by Crippen LogP contribution is 2.37. The summed E-state index contributed by atoms with van der Waals surface area (Å²) in [5.74, 6) is 5.35. The topological polar surface area (TPSA) is 126 Å². The lowest BCUT2D eigenvalue weighted by Crippen LogP contribution is -2.29. The van der Waals surface area contributed by atoms with E-state index >= 15 is 0 Å². The number of rotatable bonds is 7. The van der Waals surface area contributed by atoms with Gasteiger partial charge in [0.05, 0.1) is 28.9 Å². The highest BCUT2D eigenvalue weighted by atomic mass is 19.4. The number of hydrogen-bond acceptors (Lipinski definition) is 6. The van der Waals surface area contributed by atoms with E-state index in [9.17, 15) is 23.2 Å². The quantitative estimate of drug-likeness (QED) is 0.316. The van der Waals surface area contributed by atoms with E-state index in [4.69, 9.17) is 11.6 Å². The van der Waals surface area contributed by atoms with E-state index < -0.39 is 28.7 Å². The summed E-state index contributed by atoms with van der Waals surface area (Å²) in [6, 6.07) is 11.8. The molecule has 0 aliphatic carbocycles. The number of benzene rings is 2. The maximum Gasteiger partial charge on any atom is 0.418 e. The molecule has 3 aromatic rings. The Morgan fingerprint density at radius 3 is 2.54 bits per heavy atom. The second kappa shape index (κ2) is 10.4. The number of aromatic nitrogens is 2. The molecular formula is C26H28F3N7O. The molecule has 3 rings (SSSR count). The third-order valence-electron chi connectivity index (χ3n) is 6.00. The van der Waals surface area contributed by atoms with Crippen molar-refractivity contribution in [2.24, 2.45) is 18.6 Å². The summed E-state index contributed by atoms with van der Waals surface area (Å²) in [6.07, 6.45) is -1.69. The number of hydrogen-bond donors (Lipinski definition) is 3. The number of carbonyl (C=O) groups is 1. The van der Waals surface area contributed by atoms with Crippen LogP contribution in [0.2, 0.25) is 0 Å². The van der Waals surface area contributed by atoms with Crippen LogP contribution in [0.5, 0.6) is 0 Å². The van der Waals surface area contributed by atoms with Crippen molar-refractivity contribution in [3.8, 4) is 6.07 Å². The Morgan fingerprint density at radius 1 is 1.24 bits per heavy atom. The van der Waals surface area contributed by atoms with E-state index in [0.29, 0.717) is 11.3 Å². The van der Waals surface area contributed by atoms with Crippen LogP contribution in [-0.2, 0) is 25.1 Å². The van der Waals surface area contributed by atoms with Gasteiger partial charge in [-0.25, -0.2) is 5.84 Å². The predicted octanol–water partition coefficient (Wildman–Crippen LogP) is 4.52. The fourth-order valence-electron chi connectivity index (χ4n) is 3.61. The number of halogens is 3. The number of nitrogens with two attached hydrogens (primary N) is 2. The summed E-state index contributed by atoms with van der Waals surface area (Å²) in [6.45, 7) is 5.32. The molecule has 0 fully saturated rings. The molecule has 0 atom stereocenters. The molecule has 2 aromatic carbocycles. The first-order chi connectivity index (χ1) is 17.2. The van der Waals surface area contributed by atoms with Crippen molar-refractivity contribution < 1.29 is 18.0 Å². The SMILES string of the molecule is Cc1c(C/C(N)=C/N(N)c2cc(C(=O)Nc3cccc(C(C)(C)C#N)c3)ccc2C(F)(F)F)cnn1C. The van der Waals surface area contributed by atoms with E-state index in [1.165, 1.54) is 6.20 Å². The van der Waals surface area contributed by atoms with Crippen LogP contribution < -0.4 is 21.9 Å². The van der Waals surface area contributed by atoms with Gasteiger partial charge in [0.15, 0.2) is 0 Å². The minimum absolute atomic E-state index is 0.0431. The first-order valence-corrected chi connectivity index (χ1v) is 11.2. The van der Waals surface area contributed by atoms with Gasteiger partial charge in [0.1, 0.15) is 0 Å². The largest absolute Gasteiger partial charge is 0.418 e. The molecule has 0 saturated carbocycles. The zero-order valence-corrected chi connectivity index (χ0v) is 20.9. The van der Waals surface area contributed by atoms with Crippen molar-refractivity contribution in [1.29, 1.82) is 5.26 Å². The van der Waals surface area contributed by atoms with Gasteiger partial charge in [-0.3, -0.25) is 14.5 Å². The zero-order valence-electron chi connectivity index (χ0n) is 20.9. The number of alkyl halides is 3. The smallest absolute Gasteiger partial charge is 0.401 e. The van der Waals surface area contributed by atoms with Crippen LogP contribution in [0.15, 0.2) is 60.6 Å². The lowest BCUT2D eigenvalue weighted by molar-refractivity contribution is -0.137. The molecule has 194 valence electrons. The lowest BCUT2D eigenvalue weighted by Gasteiger charge is -2.21. The van der Waals surface area contributed by atoms with Crippen molar-refractivity contribution in [2.45, 2.75) is 38.8 Å². The molecule has 0 spiro atoms. The van der Waals surface area contributed by atoms with Gasteiger partial charge in [-0.05, 0) is 62.2 Å². The number of nitrogens with zero attached hydrogens (tertiary/aromatic N) is 4. The molecule has 1 heterocycles. The van der Waals surface area contributed by atoms with Gasteiger partial charge in [0, 0.05) is 42.3 Å². The molecule has 1 amide bonds. The molecule has 0 aliphatic rings. The van der Waals surface area contributed by atoms with Gasteiger partial charge in [-0.1, -0.05) is 12.1 Å². The highest BCUT2D eigenvalue weighted by molar-refractivity contribution is 6.05.